The van der Waals surface area contributed by atoms with E-state index in [-0.39, 0.29) is 24.2 Å². The summed E-state index contributed by atoms with van der Waals surface area (Å²) in [5.41, 5.74) is -0.361. The fourth-order valence-electron chi connectivity index (χ4n) is 3.16. The summed E-state index contributed by atoms with van der Waals surface area (Å²) in [7, 11) is 0. The topological polar surface area (TPSA) is 58.6 Å². The molecule has 19 heavy (non-hydrogen) atoms. The molecule has 0 aromatic carbocycles. The predicted octanol–water partition coefficient (Wildman–Crippen LogP) is 2.00. The maximum atomic E-state index is 12.0. The second kappa shape index (κ2) is 6.71. The van der Waals surface area contributed by atoms with E-state index in [1.54, 1.807) is 0 Å². The first-order valence-electron chi connectivity index (χ1n) is 7.67. The van der Waals surface area contributed by atoms with E-state index in [0.29, 0.717) is 12.3 Å². The average Bonchev–Trinajstić information content (AvgIpc) is 2.93. The van der Waals surface area contributed by atoms with Gasteiger partial charge in [0.25, 0.3) is 0 Å². The molecule has 0 aromatic rings. The van der Waals surface area contributed by atoms with E-state index in [1.807, 2.05) is 0 Å². The monoisotopic (exact) mass is 269 g/mol. The summed E-state index contributed by atoms with van der Waals surface area (Å²) in [5.74, 6) is 0.780. The minimum Gasteiger partial charge on any atom is -0.394 e. The molecule has 1 unspecified atom stereocenters. The van der Waals surface area contributed by atoms with Gasteiger partial charge in [0.05, 0.1) is 18.2 Å². The van der Waals surface area contributed by atoms with Crippen molar-refractivity contribution in [2.75, 3.05) is 13.2 Å². The Bertz CT molecular complexity index is 292. The number of amides is 1. The van der Waals surface area contributed by atoms with Crippen LogP contribution in [0.2, 0.25) is 0 Å². The number of rotatable bonds is 5. The molecule has 1 saturated heterocycles. The van der Waals surface area contributed by atoms with Crippen LogP contribution in [0.1, 0.15) is 58.3 Å². The van der Waals surface area contributed by atoms with E-state index in [0.717, 1.165) is 51.6 Å². The standard InChI is InChI=1S/C15H27NO3/c1-12-6-8-15(11-17,9-7-12)16-14(18)5-4-13-3-2-10-19-13/h12-13,17H,2-11H2,1H3,(H,16,18). The van der Waals surface area contributed by atoms with Crippen LogP contribution in [-0.2, 0) is 9.53 Å². The Labute approximate surface area is 115 Å². The molecule has 1 aliphatic heterocycles. The van der Waals surface area contributed by atoms with E-state index in [1.165, 1.54) is 0 Å². The van der Waals surface area contributed by atoms with Crippen molar-refractivity contribution in [1.29, 1.82) is 0 Å². The highest BCUT2D eigenvalue weighted by Gasteiger charge is 2.34. The lowest BCUT2D eigenvalue weighted by molar-refractivity contribution is -0.125. The number of nitrogens with one attached hydrogen (secondary N) is 1. The van der Waals surface area contributed by atoms with Crippen molar-refractivity contribution in [2.24, 2.45) is 5.92 Å². The van der Waals surface area contributed by atoms with Gasteiger partial charge in [-0.1, -0.05) is 6.92 Å². The zero-order valence-electron chi connectivity index (χ0n) is 12.0. The van der Waals surface area contributed by atoms with Gasteiger partial charge in [0, 0.05) is 13.0 Å². The van der Waals surface area contributed by atoms with Gasteiger partial charge in [0.1, 0.15) is 0 Å². The lowest BCUT2D eigenvalue weighted by Gasteiger charge is -2.38. The Morgan fingerprint density at radius 2 is 2.11 bits per heavy atom. The third kappa shape index (κ3) is 4.18. The van der Waals surface area contributed by atoms with Crippen molar-refractivity contribution in [3.63, 3.8) is 0 Å². The van der Waals surface area contributed by atoms with Crippen LogP contribution >= 0.6 is 0 Å². The van der Waals surface area contributed by atoms with Crippen molar-refractivity contribution in [3.05, 3.63) is 0 Å². The van der Waals surface area contributed by atoms with Crippen LogP contribution in [0.4, 0.5) is 0 Å². The molecule has 0 spiro atoms. The molecule has 0 aromatic heterocycles. The van der Waals surface area contributed by atoms with Crippen molar-refractivity contribution >= 4 is 5.91 Å². The first-order chi connectivity index (χ1) is 9.13. The molecule has 2 rings (SSSR count). The number of carbonyl (C=O) groups is 1. The van der Waals surface area contributed by atoms with Gasteiger partial charge in [-0.05, 0) is 50.9 Å². The highest BCUT2D eigenvalue weighted by atomic mass is 16.5. The largest absolute Gasteiger partial charge is 0.394 e. The Kier molecular flexibility index (Phi) is 5.22. The number of ether oxygens (including phenoxy) is 1. The average molecular weight is 269 g/mol. The summed E-state index contributed by atoms with van der Waals surface area (Å²) in [6.45, 7) is 3.14. The summed E-state index contributed by atoms with van der Waals surface area (Å²) in [5, 5.41) is 12.7. The van der Waals surface area contributed by atoms with Crippen LogP contribution in [0.25, 0.3) is 0 Å². The number of aliphatic hydroxyl groups excluding tert-OH is 1. The third-order valence-electron chi connectivity index (χ3n) is 4.66. The van der Waals surface area contributed by atoms with Crippen molar-refractivity contribution in [2.45, 2.75) is 69.9 Å². The second-order valence-electron chi connectivity index (χ2n) is 6.34. The minimum atomic E-state index is -0.361. The van der Waals surface area contributed by atoms with Gasteiger partial charge in [-0.25, -0.2) is 0 Å². The van der Waals surface area contributed by atoms with Gasteiger partial charge in [0.15, 0.2) is 0 Å². The minimum absolute atomic E-state index is 0.0609. The molecular formula is C15H27NO3. The van der Waals surface area contributed by atoms with Gasteiger partial charge in [0.2, 0.25) is 5.91 Å². The number of carbonyl (C=O) groups excluding carboxylic acids is 1. The van der Waals surface area contributed by atoms with Crippen LogP contribution in [-0.4, -0.2) is 35.9 Å². The van der Waals surface area contributed by atoms with Crippen LogP contribution in [0.5, 0.6) is 0 Å². The Hall–Kier alpha value is -0.610. The fourth-order valence-corrected chi connectivity index (χ4v) is 3.16. The van der Waals surface area contributed by atoms with Gasteiger partial charge in [-0.3, -0.25) is 4.79 Å². The zero-order chi connectivity index (χ0) is 13.7. The van der Waals surface area contributed by atoms with E-state index < -0.39 is 0 Å². The quantitative estimate of drug-likeness (QED) is 0.802. The Balaban J connectivity index is 1.75. The summed E-state index contributed by atoms with van der Waals surface area (Å²) < 4.78 is 5.53. The molecule has 0 radical (unpaired) electrons. The summed E-state index contributed by atoms with van der Waals surface area (Å²) in [6.07, 6.45) is 7.76. The molecule has 2 fully saturated rings. The SMILES string of the molecule is CC1CCC(CO)(NC(=O)CCC2CCCO2)CC1. The van der Waals surface area contributed by atoms with Gasteiger partial charge in [-0.15, -0.1) is 0 Å². The van der Waals surface area contributed by atoms with Crippen LogP contribution < -0.4 is 5.32 Å². The molecule has 1 aliphatic carbocycles. The lowest BCUT2D eigenvalue weighted by Crippen LogP contribution is -2.53. The maximum absolute atomic E-state index is 12.0. The van der Waals surface area contributed by atoms with Crippen LogP contribution in [0, 0.1) is 5.92 Å². The van der Waals surface area contributed by atoms with Crippen molar-refractivity contribution in [1.82, 2.24) is 5.32 Å². The fraction of sp³-hybridized carbons (Fsp3) is 0.933. The summed E-state index contributed by atoms with van der Waals surface area (Å²) in [4.78, 5) is 12.0. The molecule has 1 amide bonds. The van der Waals surface area contributed by atoms with Gasteiger partial charge in [-0.2, -0.15) is 0 Å². The molecule has 4 nitrogen and oxygen atoms in total. The zero-order valence-corrected chi connectivity index (χ0v) is 12.0. The van der Waals surface area contributed by atoms with Crippen molar-refractivity contribution < 1.29 is 14.6 Å². The second-order valence-corrected chi connectivity index (χ2v) is 6.34. The van der Waals surface area contributed by atoms with Crippen molar-refractivity contribution in [3.8, 4) is 0 Å². The molecule has 4 heteroatoms. The van der Waals surface area contributed by atoms with E-state index in [2.05, 4.69) is 12.2 Å². The van der Waals surface area contributed by atoms with Gasteiger partial charge < -0.3 is 15.2 Å². The summed E-state index contributed by atoms with van der Waals surface area (Å²) >= 11 is 0. The van der Waals surface area contributed by atoms with Crippen LogP contribution in [0.15, 0.2) is 0 Å². The third-order valence-corrected chi connectivity index (χ3v) is 4.66. The Morgan fingerprint density at radius 3 is 2.68 bits per heavy atom. The number of hydrogen-bond acceptors (Lipinski definition) is 3. The molecule has 2 N–H and O–H groups in total. The number of aliphatic hydroxyl groups is 1. The first kappa shape index (κ1) is 14.8. The predicted molar refractivity (Wildman–Crippen MR) is 73.8 cm³/mol. The number of hydrogen-bond donors (Lipinski definition) is 2. The molecule has 1 atom stereocenters. The van der Waals surface area contributed by atoms with E-state index in [9.17, 15) is 9.90 Å². The molecule has 2 aliphatic rings. The molecule has 1 heterocycles. The lowest BCUT2D eigenvalue weighted by atomic mass is 9.77. The highest BCUT2D eigenvalue weighted by molar-refractivity contribution is 5.76. The summed E-state index contributed by atoms with van der Waals surface area (Å²) in [6, 6.07) is 0. The van der Waals surface area contributed by atoms with E-state index in [4.69, 9.17) is 4.74 Å². The van der Waals surface area contributed by atoms with E-state index >= 15 is 0 Å². The highest BCUT2D eigenvalue weighted by Crippen LogP contribution is 2.31. The van der Waals surface area contributed by atoms with Crippen LogP contribution in [0.3, 0.4) is 0 Å². The molecule has 110 valence electrons. The maximum Gasteiger partial charge on any atom is 0.220 e. The normalized spacial score (nSPS) is 35.3. The molecular weight excluding hydrogens is 242 g/mol. The molecule has 1 saturated carbocycles. The Morgan fingerprint density at radius 1 is 1.37 bits per heavy atom. The smallest absolute Gasteiger partial charge is 0.220 e. The first-order valence-corrected chi connectivity index (χ1v) is 7.67. The van der Waals surface area contributed by atoms with Gasteiger partial charge >= 0.3 is 0 Å². The molecule has 0 bridgehead atoms.